The van der Waals surface area contributed by atoms with Gasteiger partial charge in [-0.2, -0.15) is 11.8 Å². The van der Waals surface area contributed by atoms with Crippen molar-refractivity contribution in [3.8, 4) is 0 Å². The van der Waals surface area contributed by atoms with Gasteiger partial charge in [0.15, 0.2) is 0 Å². The number of amides is 1. The lowest BCUT2D eigenvalue weighted by molar-refractivity contribution is 0.0938. The zero-order valence-corrected chi connectivity index (χ0v) is 13.5. The van der Waals surface area contributed by atoms with Gasteiger partial charge in [-0.05, 0) is 43.6 Å². The minimum Gasteiger partial charge on any atom is -0.349 e. The Morgan fingerprint density at radius 2 is 2.24 bits per heavy atom. The average Bonchev–Trinajstić information content (AvgIpc) is 2.94. The second-order valence-corrected chi connectivity index (χ2v) is 6.87. The van der Waals surface area contributed by atoms with Gasteiger partial charge in [-0.25, -0.2) is 10.8 Å². The Hall–Kier alpha value is -1.27. The molecule has 6 heteroatoms. The second-order valence-electron chi connectivity index (χ2n) is 5.29. The van der Waals surface area contributed by atoms with Gasteiger partial charge in [0.25, 0.3) is 5.91 Å². The van der Waals surface area contributed by atoms with Crippen molar-refractivity contribution in [2.24, 2.45) is 5.84 Å². The standard InChI is InChI=1S/C15H24N4OS/c1-3-11-7-10(8-14(17-11)19-16)15(20)18-12-5-6-13(9-12)21-4-2/h7-8,12-13H,3-6,9,16H2,1-2H3,(H,17,19)(H,18,20). The Morgan fingerprint density at radius 1 is 1.43 bits per heavy atom. The van der Waals surface area contributed by atoms with Gasteiger partial charge in [0, 0.05) is 22.5 Å². The fraction of sp³-hybridized carbons (Fsp3) is 0.600. The van der Waals surface area contributed by atoms with Crippen molar-refractivity contribution in [3.05, 3.63) is 23.4 Å². The minimum absolute atomic E-state index is 0.0317. The highest BCUT2D eigenvalue weighted by molar-refractivity contribution is 7.99. The summed E-state index contributed by atoms with van der Waals surface area (Å²) in [6, 6.07) is 3.82. The summed E-state index contributed by atoms with van der Waals surface area (Å²) >= 11 is 1.99. The zero-order valence-electron chi connectivity index (χ0n) is 12.7. The number of rotatable bonds is 6. The third-order valence-corrected chi connectivity index (χ3v) is 5.01. The van der Waals surface area contributed by atoms with Crippen LogP contribution in [0.1, 0.15) is 49.2 Å². The first-order valence-electron chi connectivity index (χ1n) is 7.56. The molecule has 1 fully saturated rings. The first-order valence-corrected chi connectivity index (χ1v) is 8.61. The normalized spacial score (nSPS) is 21.3. The molecule has 0 bridgehead atoms. The number of aryl methyl sites for hydroxylation is 1. The quantitative estimate of drug-likeness (QED) is 0.555. The molecule has 2 rings (SSSR count). The molecule has 21 heavy (non-hydrogen) atoms. The molecule has 1 amide bonds. The Morgan fingerprint density at radius 3 is 2.90 bits per heavy atom. The summed E-state index contributed by atoms with van der Waals surface area (Å²) in [5.74, 6) is 7.05. The van der Waals surface area contributed by atoms with Crippen LogP contribution < -0.4 is 16.6 Å². The number of pyridine rings is 1. The monoisotopic (exact) mass is 308 g/mol. The Labute approximate surface area is 130 Å². The Kier molecular flexibility index (Phi) is 5.87. The largest absolute Gasteiger partial charge is 0.349 e. The van der Waals surface area contributed by atoms with Gasteiger partial charge >= 0.3 is 0 Å². The van der Waals surface area contributed by atoms with Crippen molar-refractivity contribution in [1.82, 2.24) is 10.3 Å². The second kappa shape index (κ2) is 7.66. The summed E-state index contributed by atoms with van der Waals surface area (Å²) in [7, 11) is 0. The molecular weight excluding hydrogens is 284 g/mol. The fourth-order valence-corrected chi connectivity index (χ4v) is 3.84. The predicted octanol–water partition coefficient (Wildman–Crippen LogP) is 2.33. The van der Waals surface area contributed by atoms with Gasteiger partial charge in [0.2, 0.25) is 0 Å². The van der Waals surface area contributed by atoms with Crippen LogP contribution in [0.4, 0.5) is 5.82 Å². The lowest BCUT2D eigenvalue weighted by Gasteiger charge is -2.14. The lowest BCUT2D eigenvalue weighted by Crippen LogP contribution is -2.33. The van der Waals surface area contributed by atoms with Gasteiger partial charge in [-0.1, -0.05) is 13.8 Å². The number of hydrogen-bond donors (Lipinski definition) is 3. The number of nitrogens with zero attached hydrogens (tertiary/aromatic N) is 1. The number of anilines is 1. The third-order valence-electron chi connectivity index (χ3n) is 3.77. The van der Waals surface area contributed by atoms with E-state index in [1.165, 1.54) is 6.42 Å². The van der Waals surface area contributed by atoms with Crippen molar-refractivity contribution in [1.29, 1.82) is 0 Å². The topological polar surface area (TPSA) is 80.0 Å². The van der Waals surface area contributed by atoms with E-state index in [0.717, 1.165) is 30.7 Å². The lowest BCUT2D eigenvalue weighted by atomic mass is 10.1. The maximum absolute atomic E-state index is 12.4. The van der Waals surface area contributed by atoms with Crippen molar-refractivity contribution >= 4 is 23.5 Å². The molecule has 1 aromatic heterocycles. The summed E-state index contributed by atoms with van der Waals surface area (Å²) in [6.45, 7) is 4.19. The molecule has 5 nitrogen and oxygen atoms in total. The minimum atomic E-state index is -0.0317. The third kappa shape index (κ3) is 4.35. The van der Waals surface area contributed by atoms with E-state index in [1.54, 1.807) is 6.07 Å². The molecule has 0 saturated heterocycles. The van der Waals surface area contributed by atoms with Crippen LogP contribution in [0.2, 0.25) is 0 Å². The summed E-state index contributed by atoms with van der Waals surface area (Å²) < 4.78 is 0. The Balaban J connectivity index is 2.00. The van der Waals surface area contributed by atoms with Gasteiger partial charge in [0.1, 0.15) is 5.82 Å². The molecule has 0 spiro atoms. The SMILES string of the molecule is CCSC1CCC(NC(=O)c2cc(CC)nc(NN)c2)C1. The van der Waals surface area contributed by atoms with E-state index < -0.39 is 0 Å². The van der Waals surface area contributed by atoms with Crippen LogP contribution in [0.15, 0.2) is 12.1 Å². The molecule has 2 unspecified atom stereocenters. The molecule has 1 aliphatic rings. The van der Waals surface area contributed by atoms with Crippen LogP contribution in [0.25, 0.3) is 0 Å². The highest BCUT2D eigenvalue weighted by Crippen LogP contribution is 2.29. The number of nitrogens with two attached hydrogens (primary N) is 1. The molecular formula is C15H24N4OS. The number of hydrazine groups is 1. The smallest absolute Gasteiger partial charge is 0.251 e. The molecule has 0 radical (unpaired) electrons. The number of thioether (sulfide) groups is 1. The van der Waals surface area contributed by atoms with Crippen LogP contribution in [-0.2, 0) is 6.42 Å². The number of hydrogen-bond acceptors (Lipinski definition) is 5. The van der Waals surface area contributed by atoms with Crippen LogP contribution in [0.3, 0.4) is 0 Å². The maximum Gasteiger partial charge on any atom is 0.251 e. The van der Waals surface area contributed by atoms with E-state index in [4.69, 9.17) is 5.84 Å². The van der Waals surface area contributed by atoms with Crippen LogP contribution in [0, 0.1) is 0 Å². The molecule has 0 aliphatic heterocycles. The average molecular weight is 308 g/mol. The molecule has 1 aliphatic carbocycles. The van der Waals surface area contributed by atoms with E-state index in [9.17, 15) is 4.79 Å². The van der Waals surface area contributed by atoms with Gasteiger partial charge in [-0.15, -0.1) is 0 Å². The number of aromatic nitrogens is 1. The summed E-state index contributed by atoms with van der Waals surface area (Å²) in [4.78, 5) is 16.7. The van der Waals surface area contributed by atoms with E-state index in [1.807, 2.05) is 24.8 Å². The first kappa shape index (κ1) is 16.1. The van der Waals surface area contributed by atoms with Crippen molar-refractivity contribution in [2.75, 3.05) is 11.2 Å². The molecule has 2 atom stereocenters. The summed E-state index contributed by atoms with van der Waals surface area (Å²) in [5, 5.41) is 3.82. The molecule has 1 heterocycles. The summed E-state index contributed by atoms with van der Waals surface area (Å²) in [5.41, 5.74) is 4.01. The fourth-order valence-electron chi connectivity index (χ4n) is 2.70. The van der Waals surface area contributed by atoms with Gasteiger partial charge in [0.05, 0.1) is 0 Å². The van der Waals surface area contributed by atoms with Crippen molar-refractivity contribution in [3.63, 3.8) is 0 Å². The number of nitrogen functional groups attached to an aromatic ring is 1. The predicted molar refractivity (Wildman–Crippen MR) is 88.5 cm³/mol. The molecule has 1 saturated carbocycles. The van der Waals surface area contributed by atoms with Crippen molar-refractivity contribution < 1.29 is 4.79 Å². The van der Waals surface area contributed by atoms with Crippen LogP contribution in [0.5, 0.6) is 0 Å². The van der Waals surface area contributed by atoms with Gasteiger partial charge < -0.3 is 10.7 Å². The highest BCUT2D eigenvalue weighted by atomic mass is 32.2. The maximum atomic E-state index is 12.4. The Bertz CT molecular complexity index is 472. The molecule has 116 valence electrons. The van der Waals surface area contributed by atoms with Crippen LogP contribution >= 0.6 is 11.8 Å². The van der Waals surface area contributed by atoms with E-state index in [2.05, 4.69) is 22.7 Å². The van der Waals surface area contributed by atoms with E-state index >= 15 is 0 Å². The van der Waals surface area contributed by atoms with E-state index in [0.29, 0.717) is 16.6 Å². The van der Waals surface area contributed by atoms with Gasteiger partial charge in [-0.3, -0.25) is 4.79 Å². The number of carbonyl (C=O) groups is 1. The summed E-state index contributed by atoms with van der Waals surface area (Å²) in [6.07, 6.45) is 4.10. The zero-order chi connectivity index (χ0) is 15.2. The van der Waals surface area contributed by atoms with Crippen LogP contribution in [-0.4, -0.2) is 27.9 Å². The highest BCUT2D eigenvalue weighted by Gasteiger charge is 2.26. The number of carbonyl (C=O) groups excluding carboxylic acids is 1. The molecule has 1 aromatic rings. The molecule has 0 aromatic carbocycles. The van der Waals surface area contributed by atoms with E-state index in [-0.39, 0.29) is 11.9 Å². The van der Waals surface area contributed by atoms with Crippen molar-refractivity contribution in [2.45, 2.75) is 50.8 Å². The first-order chi connectivity index (χ1) is 10.2. The number of nitrogens with one attached hydrogen (secondary N) is 2. The molecule has 4 N–H and O–H groups in total.